The van der Waals surface area contributed by atoms with Crippen molar-refractivity contribution in [1.29, 1.82) is 0 Å². The molecule has 0 saturated heterocycles. The number of fused-ring (bicyclic) bond motifs is 2. The first-order valence-corrected chi connectivity index (χ1v) is 20.7. The SMILES string of the molecule is O=S(=O)(O)c1cc2cccc(S(=O)(=O)O)c2c(O)c1N=Nc1ccc(-c2ccc(N=Nc3c(S(=O)(=O)O)cc4cccc(S(=O)(=O)O)c4c3O)c(O)c2)cc1O. The molecule has 0 atom stereocenters. The maximum absolute atomic E-state index is 12.2. The van der Waals surface area contributed by atoms with Gasteiger partial charge in [-0.05, 0) is 70.4 Å². The van der Waals surface area contributed by atoms with Crippen LogP contribution in [0.3, 0.4) is 0 Å². The van der Waals surface area contributed by atoms with Gasteiger partial charge in [-0.1, -0.05) is 36.4 Å². The Kier molecular flexibility index (Phi) is 9.80. The van der Waals surface area contributed by atoms with E-state index >= 15 is 0 Å². The van der Waals surface area contributed by atoms with Gasteiger partial charge in [-0.25, -0.2) is 0 Å². The highest BCUT2D eigenvalue weighted by molar-refractivity contribution is 7.87. The van der Waals surface area contributed by atoms with Crippen LogP contribution in [0, 0.1) is 0 Å². The minimum Gasteiger partial charge on any atom is -0.506 e. The summed E-state index contributed by atoms with van der Waals surface area (Å²) in [6.45, 7) is 0. The first-order valence-electron chi connectivity index (χ1n) is 14.9. The van der Waals surface area contributed by atoms with E-state index in [0.29, 0.717) is 0 Å². The van der Waals surface area contributed by atoms with Crippen LogP contribution >= 0.6 is 0 Å². The van der Waals surface area contributed by atoms with Crippen LogP contribution in [0.1, 0.15) is 0 Å². The van der Waals surface area contributed by atoms with Crippen LogP contribution in [-0.4, -0.2) is 72.3 Å². The Hall–Kier alpha value is -6.12. The van der Waals surface area contributed by atoms with Crippen molar-refractivity contribution in [3.8, 4) is 34.1 Å². The molecular weight excluding hydrogens is 825 g/mol. The third-order valence-corrected chi connectivity index (χ3v) is 11.5. The lowest BCUT2D eigenvalue weighted by Crippen LogP contribution is -2.02. The van der Waals surface area contributed by atoms with Crippen molar-refractivity contribution in [3.05, 3.63) is 84.9 Å². The molecule has 56 heavy (non-hydrogen) atoms. The molecule has 0 unspecified atom stereocenters. The average molecular weight is 847 g/mol. The monoisotopic (exact) mass is 846 g/mol. The van der Waals surface area contributed by atoms with Crippen molar-refractivity contribution in [1.82, 2.24) is 0 Å². The fourth-order valence-corrected chi connectivity index (χ4v) is 8.29. The number of phenolic OH excluding ortho intramolecular Hbond substituents is 4. The van der Waals surface area contributed by atoms with Crippen molar-refractivity contribution in [3.63, 3.8) is 0 Å². The molecule has 0 aromatic heterocycles. The molecule has 0 aliphatic heterocycles. The molecule has 20 nitrogen and oxygen atoms in total. The second-order valence-electron chi connectivity index (χ2n) is 11.6. The highest BCUT2D eigenvalue weighted by atomic mass is 32.2. The quantitative estimate of drug-likeness (QED) is 0.0584. The van der Waals surface area contributed by atoms with E-state index in [1.165, 1.54) is 24.3 Å². The number of nitrogens with zero attached hydrogens (tertiary/aromatic N) is 4. The summed E-state index contributed by atoms with van der Waals surface area (Å²) in [5.41, 5.74) is -2.13. The van der Waals surface area contributed by atoms with Gasteiger partial charge in [0.2, 0.25) is 0 Å². The first-order chi connectivity index (χ1) is 26.0. The van der Waals surface area contributed by atoms with Gasteiger partial charge < -0.3 is 20.4 Å². The zero-order valence-corrected chi connectivity index (χ0v) is 30.6. The Bertz CT molecular complexity index is 2970. The fourth-order valence-electron chi connectivity index (χ4n) is 5.53. The van der Waals surface area contributed by atoms with E-state index in [1.54, 1.807) is 0 Å². The molecule has 0 aliphatic carbocycles. The fraction of sp³-hybridized carbons (Fsp3) is 0. The lowest BCUT2D eigenvalue weighted by Gasteiger charge is -2.11. The number of phenols is 4. The number of rotatable bonds is 9. The van der Waals surface area contributed by atoms with Crippen LogP contribution in [-0.2, 0) is 40.5 Å². The van der Waals surface area contributed by atoms with Crippen molar-refractivity contribution in [2.24, 2.45) is 20.5 Å². The summed E-state index contributed by atoms with van der Waals surface area (Å²) in [4.78, 5) is -3.60. The van der Waals surface area contributed by atoms with Crippen molar-refractivity contribution in [2.75, 3.05) is 0 Å². The van der Waals surface area contributed by atoms with Gasteiger partial charge in [-0.2, -0.15) is 33.7 Å². The first kappa shape index (κ1) is 39.6. The molecule has 0 heterocycles. The van der Waals surface area contributed by atoms with Crippen LogP contribution < -0.4 is 0 Å². The Morgan fingerprint density at radius 1 is 0.393 bits per heavy atom. The molecular formula is C32H22N4O16S4. The minimum atomic E-state index is -5.12. The highest BCUT2D eigenvalue weighted by Crippen LogP contribution is 2.46. The van der Waals surface area contributed by atoms with Gasteiger partial charge in [0.05, 0.1) is 0 Å². The highest BCUT2D eigenvalue weighted by Gasteiger charge is 2.28. The van der Waals surface area contributed by atoms with E-state index in [-0.39, 0.29) is 33.3 Å². The van der Waals surface area contributed by atoms with Gasteiger partial charge in [0.25, 0.3) is 40.5 Å². The summed E-state index contributed by atoms with van der Waals surface area (Å²) >= 11 is 0. The predicted octanol–water partition coefficient (Wildman–Crippen LogP) is 6.30. The van der Waals surface area contributed by atoms with Crippen LogP contribution in [0.4, 0.5) is 22.7 Å². The van der Waals surface area contributed by atoms with E-state index < -0.39 is 105 Å². The second kappa shape index (κ2) is 13.9. The number of hydrogen-bond acceptors (Lipinski definition) is 16. The Labute approximate surface area is 315 Å². The third-order valence-electron chi connectivity index (χ3n) is 7.99. The van der Waals surface area contributed by atoms with E-state index in [4.69, 9.17) is 0 Å². The molecule has 6 aromatic carbocycles. The molecule has 0 amide bonds. The normalized spacial score (nSPS) is 13.0. The molecule has 8 N–H and O–H groups in total. The van der Waals surface area contributed by atoms with Gasteiger partial charge in [0, 0.05) is 10.8 Å². The standard InChI is InChI=1S/C32H22N4O16S4/c37-21-11-15(7-9-19(21)33-35-29-25(55(47,48)49)13-17-3-1-5-23(53(41,42)43)27(17)31(29)39)16-8-10-20(22(38)12-16)34-36-30-26(56(50,51)52)14-18-4-2-6-24(54(44,45)46)28(18)32(30)40/h1-14,37-40H,(H,41,42,43)(H,44,45,46)(H,47,48,49)(H,50,51,52). The molecule has 6 rings (SSSR count). The molecule has 0 saturated carbocycles. The molecule has 0 radical (unpaired) electrons. The van der Waals surface area contributed by atoms with Crippen LogP contribution in [0.5, 0.6) is 23.0 Å². The maximum Gasteiger partial charge on any atom is 0.296 e. The molecule has 0 fully saturated rings. The Morgan fingerprint density at radius 2 is 0.732 bits per heavy atom. The van der Waals surface area contributed by atoms with Crippen LogP contribution in [0.2, 0.25) is 0 Å². The summed E-state index contributed by atoms with van der Waals surface area (Å²) < 4.78 is 135. The van der Waals surface area contributed by atoms with Crippen molar-refractivity contribution in [2.45, 2.75) is 19.6 Å². The van der Waals surface area contributed by atoms with E-state index in [2.05, 4.69) is 20.5 Å². The van der Waals surface area contributed by atoms with E-state index in [9.17, 15) is 72.3 Å². The average Bonchev–Trinajstić information content (AvgIpc) is 3.09. The smallest absolute Gasteiger partial charge is 0.296 e. The predicted molar refractivity (Wildman–Crippen MR) is 194 cm³/mol. The topological polar surface area (TPSA) is 348 Å². The molecule has 24 heteroatoms. The molecule has 0 aliphatic rings. The summed E-state index contributed by atoms with van der Waals surface area (Å²) in [5.74, 6) is -3.39. The van der Waals surface area contributed by atoms with E-state index in [1.807, 2.05) is 0 Å². The number of aromatic hydroxyl groups is 4. The lowest BCUT2D eigenvalue weighted by molar-refractivity contribution is 0.468. The van der Waals surface area contributed by atoms with Gasteiger partial charge in [-0.15, -0.1) is 20.5 Å². The van der Waals surface area contributed by atoms with Gasteiger partial charge in [-0.3, -0.25) is 18.2 Å². The van der Waals surface area contributed by atoms with Gasteiger partial charge in [0.15, 0.2) is 11.5 Å². The number of azo groups is 2. The second-order valence-corrected chi connectivity index (χ2v) is 17.1. The Morgan fingerprint density at radius 3 is 1.04 bits per heavy atom. The van der Waals surface area contributed by atoms with E-state index in [0.717, 1.165) is 60.7 Å². The number of hydrogen-bond donors (Lipinski definition) is 8. The zero-order chi connectivity index (χ0) is 41.1. The largest absolute Gasteiger partial charge is 0.506 e. The van der Waals surface area contributed by atoms with Crippen molar-refractivity contribution >= 4 is 84.8 Å². The van der Waals surface area contributed by atoms with Crippen molar-refractivity contribution < 1.29 is 72.3 Å². The minimum absolute atomic E-state index is 0.212. The molecule has 0 bridgehead atoms. The van der Waals surface area contributed by atoms with Crippen LogP contribution in [0.25, 0.3) is 32.7 Å². The lowest BCUT2D eigenvalue weighted by atomic mass is 10.0. The van der Waals surface area contributed by atoms with Crippen LogP contribution in [0.15, 0.2) is 125 Å². The summed E-state index contributed by atoms with van der Waals surface area (Å²) in [7, 11) is -20.1. The molecule has 290 valence electrons. The zero-order valence-electron chi connectivity index (χ0n) is 27.3. The van der Waals surface area contributed by atoms with Gasteiger partial charge >= 0.3 is 0 Å². The maximum atomic E-state index is 12.2. The summed E-state index contributed by atoms with van der Waals surface area (Å²) in [6, 6.07) is 15.3. The molecule has 0 spiro atoms. The Balaban J connectivity index is 1.36. The van der Waals surface area contributed by atoms with Gasteiger partial charge in [0.1, 0.15) is 53.8 Å². The third kappa shape index (κ3) is 7.57. The number of benzene rings is 6. The summed E-state index contributed by atoms with van der Waals surface area (Å²) in [5, 5.41) is 56.4. The summed E-state index contributed by atoms with van der Waals surface area (Å²) in [6.07, 6.45) is 0. The molecule has 6 aromatic rings.